The Bertz CT molecular complexity index is 481. The molecular formula is C13H18FN3O2. The Morgan fingerprint density at radius 3 is 3.00 bits per heavy atom. The fourth-order valence-electron chi connectivity index (χ4n) is 2.45. The van der Waals surface area contributed by atoms with Crippen LogP contribution in [-0.4, -0.2) is 47.1 Å². The summed E-state index contributed by atoms with van der Waals surface area (Å²) in [6, 6.07) is 1.28. The molecule has 2 N–H and O–H groups in total. The van der Waals surface area contributed by atoms with Crippen LogP contribution in [0.25, 0.3) is 0 Å². The van der Waals surface area contributed by atoms with Crippen molar-refractivity contribution >= 4 is 11.8 Å². The van der Waals surface area contributed by atoms with E-state index in [4.69, 9.17) is 5.11 Å². The van der Waals surface area contributed by atoms with Gasteiger partial charge in [0.1, 0.15) is 5.56 Å². The van der Waals surface area contributed by atoms with Gasteiger partial charge in [0.15, 0.2) is 11.6 Å². The summed E-state index contributed by atoms with van der Waals surface area (Å²) in [6.07, 6.45) is 2.20. The van der Waals surface area contributed by atoms with Crippen molar-refractivity contribution in [3.8, 4) is 0 Å². The van der Waals surface area contributed by atoms with Crippen LogP contribution in [0.3, 0.4) is 0 Å². The monoisotopic (exact) mass is 267 g/mol. The molecule has 0 aromatic carbocycles. The van der Waals surface area contributed by atoms with E-state index >= 15 is 0 Å². The highest BCUT2D eigenvalue weighted by molar-refractivity contribution is 5.88. The molecule has 6 heteroatoms. The minimum absolute atomic E-state index is 0.0290. The number of rotatable bonds is 3. The van der Waals surface area contributed by atoms with Gasteiger partial charge >= 0.3 is 5.97 Å². The third-order valence-corrected chi connectivity index (χ3v) is 3.55. The first-order valence-electron chi connectivity index (χ1n) is 6.32. The number of carbonyl (C=O) groups is 1. The molecule has 1 aromatic heterocycles. The van der Waals surface area contributed by atoms with Crippen molar-refractivity contribution < 1.29 is 14.3 Å². The van der Waals surface area contributed by atoms with Gasteiger partial charge in [-0.15, -0.1) is 0 Å². The van der Waals surface area contributed by atoms with Gasteiger partial charge in [0.25, 0.3) is 0 Å². The normalized spacial score (nSPS) is 24.2. The Hall–Kier alpha value is -1.69. The molecule has 5 nitrogen and oxygen atoms in total. The van der Waals surface area contributed by atoms with E-state index in [2.05, 4.69) is 29.2 Å². The van der Waals surface area contributed by atoms with Gasteiger partial charge in [0, 0.05) is 18.8 Å². The number of aromatic nitrogens is 1. The predicted octanol–water partition coefficient (Wildman–Crippen LogP) is 1.67. The zero-order valence-electron chi connectivity index (χ0n) is 11.1. The largest absolute Gasteiger partial charge is 0.478 e. The molecule has 0 saturated carbocycles. The molecule has 1 saturated heterocycles. The third kappa shape index (κ3) is 3.01. The topological polar surface area (TPSA) is 65.5 Å². The fourth-order valence-corrected chi connectivity index (χ4v) is 2.45. The minimum Gasteiger partial charge on any atom is -0.478 e. The number of halogens is 1. The number of anilines is 1. The Balaban J connectivity index is 2.15. The fraction of sp³-hybridized carbons (Fsp3) is 0.538. The molecule has 104 valence electrons. The molecule has 0 amide bonds. The second kappa shape index (κ2) is 5.52. The number of aromatic carboxylic acids is 1. The molecule has 19 heavy (non-hydrogen) atoms. The van der Waals surface area contributed by atoms with Gasteiger partial charge in [-0.1, -0.05) is 6.92 Å². The number of likely N-dealkylation sites (tertiary alicyclic amines) is 1. The minimum atomic E-state index is -1.28. The second-order valence-corrected chi connectivity index (χ2v) is 5.11. The second-order valence-electron chi connectivity index (χ2n) is 5.11. The average Bonchev–Trinajstić information content (AvgIpc) is 2.34. The molecule has 1 aliphatic rings. The zero-order valence-corrected chi connectivity index (χ0v) is 11.1. The SMILES string of the molecule is CC1CN(C)CCC1Nc1nccc(C(=O)O)c1F. The summed E-state index contributed by atoms with van der Waals surface area (Å²) in [6.45, 7) is 3.95. The van der Waals surface area contributed by atoms with Crippen LogP contribution in [0.5, 0.6) is 0 Å². The van der Waals surface area contributed by atoms with E-state index in [1.807, 2.05) is 0 Å². The van der Waals surface area contributed by atoms with Gasteiger partial charge < -0.3 is 15.3 Å². The quantitative estimate of drug-likeness (QED) is 0.872. The number of piperidine rings is 1. The summed E-state index contributed by atoms with van der Waals surface area (Å²) in [5, 5.41) is 11.9. The van der Waals surface area contributed by atoms with Gasteiger partial charge in [-0.3, -0.25) is 0 Å². The lowest BCUT2D eigenvalue weighted by Gasteiger charge is -2.35. The van der Waals surface area contributed by atoms with Gasteiger partial charge in [-0.05, 0) is 32.0 Å². The Kier molecular flexibility index (Phi) is 3.99. The molecule has 0 aliphatic carbocycles. The zero-order chi connectivity index (χ0) is 14.0. The Morgan fingerprint density at radius 1 is 1.63 bits per heavy atom. The molecular weight excluding hydrogens is 249 g/mol. The number of pyridine rings is 1. The Morgan fingerprint density at radius 2 is 2.37 bits per heavy atom. The van der Waals surface area contributed by atoms with E-state index in [0.717, 1.165) is 19.5 Å². The van der Waals surface area contributed by atoms with Crippen molar-refractivity contribution in [2.75, 3.05) is 25.5 Å². The van der Waals surface area contributed by atoms with Crippen LogP contribution in [0, 0.1) is 11.7 Å². The molecule has 1 aromatic rings. The number of hydrogen-bond acceptors (Lipinski definition) is 4. The maximum Gasteiger partial charge on any atom is 0.338 e. The van der Waals surface area contributed by atoms with Crippen molar-refractivity contribution in [3.63, 3.8) is 0 Å². The Labute approximate surface area is 111 Å². The van der Waals surface area contributed by atoms with E-state index in [1.165, 1.54) is 12.3 Å². The van der Waals surface area contributed by atoms with Crippen LogP contribution in [0.15, 0.2) is 12.3 Å². The highest BCUT2D eigenvalue weighted by Crippen LogP contribution is 2.22. The summed E-state index contributed by atoms with van der Waals surface area (Å²) in [4.78, 5) is 17.0. The molecule has 2 atom stereocenters. The molecule has 1 aliphatic heterocycles. The first kappa shape index (κ1) is 13.7. The van der Waals surface area contributed by atoms with Crippen LogP contribution in [0.2, 0.25) is 0 Å². The van der Waals surface area contributed by atoms with Crippen LogP contribution in [0.4, 0.5) is 10.2 Å². The number of carboxylic acid groups (broad SMARTS) is 1. The lowest BCUT2D eigenvalue weighted by molar-refractivity contribution is 0.0692. The van der Waals surface area contributed by atoms with Gasteiger partial charge in [-0.25, -0.2) is 14.2 Å². The number of nitrogens with zero attached hydrogens (tertiary/aromatic N) is 2. The van der Waals surface area contributed by atoms with Crippen LogP contribution >= 0.6 is 0 Å². The standard InChI is InChI=1S/C13H18FN3O2/c1-8-7-17(2)6-4-10(8)16-12-11(14)9(13(18)19)3-5-15-12/h3,5,8,10H,4,6-7H2,1-2H3,(H,15,16)(H,18,19). The molecule has 0 spiro atoms. The van der Waals surface area contributed by atoms with Crippen molar-refractivity contribution in [1.82, 2.24) is 9.88 Å². The van der Waals surface area contributed by atoms with Crippen molar-refractivity contribution in [1.29, 1.82) is 0 Å². The summed E-state index contributed by atoms with van der Waals surface area (Å²) in [5.41, 5.74) is -0.349. The average molecular weight is 267 g/mol. The molecule has 2 rings (SSSR count). The van der Waals surface area contributed by atoms with Crippen LogP contribution in [0.1, 0.15) is 23.7 Å². The maximum absolute atomic E-state index is 14.0. The number of nitrogens with one attached hydrogen (secondary N) is 1. The summed E-state index contributed by atoms with van der Waals surface area (Å²) in [7, 11) is 2.05. The van der Waals surface area contributed by atoms with Gasteiger partial charge in [-0.2, -0.15) is 0 Å². The summed E-state index contributed by atoms with van der Waals surface area (Å²) in [5.74, 6) is -1.68. The molecule has 2 heterocycles. The highest BCUT2D eigenvalue weighted by Gasteiger charge is 2.26. The summed E-state index contributed by atoms with van der Waals surface area (Å²) < 4.78 is 14.0. The van der Waals surface area contributed by atoms with Crippen LogP contribution in [-0.2, 0) is 0 Å². The molecule has 0 bridgehead atoms. The van der Waals surface area contributed by atoms with Gasteiger partial charge in [0.05, 0.1) is 0 Å². The molecule has 0 radical (unpaired) electrons. The van der Waals surface area contributed by atoms with Gasteiger partial charge in [0.2, 0.25) is 0 Å². The van der Waals surface area contributed by atoms with E-state index in [9.17, 15) is 9.18 Å². The predicted molar refractivity (Wildman–Crippen MR) is 69.8 cm³/mol. The molecule has 2 unspecified atom stereocenters. The van der Waals surface area contributed by atoms with E-state index < -0.39 is 11.8 Å². The van der Waals surface area contributed by atoms with Crippen molar-refractivity contribution in [2.45, 2.75) is 19.4 Å². The van der Waals surface area contributed by atoms with E-state index in [-0.39, 0.29) is 17.4 Å². The third-order valence-electron chi connectivity index (χ3n) is 3.55. The van der Waals surface area contributed by atoms with E-state index in [1.54, 1.807) is 0 Å². The number of carboxylic acids is 1. The van der Waals surface area contributed by atoms with Crippen molar-refractivity contribution in [2.24, 2.45) is 5.92 Å². The van der Waals surface area contributed by atoms with E-state index in [0.29, 0.717) is 5.92 Å². The maximum atomic E-state index is 14.0. The lowest BCUT2D eigenvalue weighted by atomic mass is 9.94. The highest BCUT2D eigenvalue weighted by atomic mass is 19.1. The first-order valence-corrected chi connectivity index (χ1v) is 6.32. The smallest absolute Gasteiger partial charge is 0.338 e. The summed E-state index contributed by atoms with van der Waals surface area (Å²) >= 11 is 0. The van der Waals surface area contributed by atoms with Crippen LogP contribution < -0.4 is 5.32 Å². The number of hydrogen-bond donors (Lipinski definition) is 2. The first-order chi connectivity index (χ1) is 8.99. The lowest BCUT2D eigenvalue weighted by Crippen LogP contribution is -2.43. The van der Waals surface area contributed by atoms with Crippen molar-refractivity contribution in [3.05, 3.63) is 23.6 Å². The molecule has 1 fully saturated rings.